The van der Waals surface area contributed by atoms with Crippen LogP contribution in [0.1, 0.15) is 62.1 Å². The van der Waals surface area contributed by atoms with E-state index in [0.717, 1.165) is 28.9 Å². The summed E-state index contributed by atoms with van der Waals surface area (Å²) >= 11 is 0. The molecule has 5 aliphatic rings. The monoisotopic (exact) mass is 724 g/mol. The van der Waals surface area contributed by atoms with Gasteiger partial charge in [-0.1, -0.05) is 111 Å². The van der Waals surface area contributed by atoms with Crippen molar-refractivity contribution in [2.75, 3.05) is 9.80 Å². The second-order valence-corrected chi connectivity index (χ2v) is 17.1. The first kappa shape index (κ1) is 32.4. The lowest BCUT2D eigenvalue weighted by Gasteiger charge is -2.44. The molecule has 2 bridgehead atoms. The summed E-state index contributed by atoms with van der Waals surface area (Å²) in [5, 5.41) is 0. The number of anilines is 6. The molecule has 56 heavy (non-hydrogen) atoms. The molecule has 2 nitrogen and oxygen atoms in total. The van der Waals surface area contributed by atoms with Crippen molar-refractivity contribution in [3.8, 4) is 22.3 Å². The lowest BCUT2D eigenvalue weighted by atomic mass is 9.33. The minimum Gasteiger partial charge on any atom is -0.311 e. The molecule has 3 aliphatic carbocycles. The molecule has 12 rings (SSSR count). The number of benzene rings is 7. The maximum absolute atomic E-state index is 15.1. The lowest BCUT2D eigenvalue weighted by Crippen LogP contribution is -2.61. The smallest absolute Gasteiger partial charge is 0.252 e. The van der Waals surface area contributed by atoms with Crippen molar-refractivity contribution in [3.63, 3.8) is 0 Å². The topological polar surface area (TPSA) is 6.48 Å². The zero-order valence-corrected chi connectivity index (χ0v) is 31.8. The number of hydrogen-bond acceptors (Lipinski definition) is 2. The third-order valence-electron chi connectivity index (χ3n) is 14.2. The van der Waals surface area contributed by atoms with E-state index in [2.05, 4.69) is 151 Å². The summed E-state index contributed by atoms with van der Waals surface area (Å²) in [4.78, 5) is 4.83. The van der Waals surface area contributed by atoms with Crippen molar-refractivity contribution in [1.82, 2.24) is 0 Å². The highest BCUT2D eigenvalue weighted by molar-refractivity contribution is 7.00. The van der Waals surface area contributed by atoms with Crippen LogP contribution in [0.5, 0.6) is 0 Å². The van der Waals surface area contributed by atoms with Crippen molar-refractivity contribution in [1.29, 1.82) is 0 Å². The molecule has 2 saturated carbocycles. The number of rotatable bonds is 4. The highest BCUT2D eigenvalue weighted by atomic mass is 19.1. The quantitative estimate of drug-likeness (QED) is 0.167. The highest BCUT2D eigenvalue weighted by Gasteiger charge is 2.60. The summed E-state index contributed by atoms with van der Waals surface area (Å²) < 4.78 is 15.1. The first-order valence-corrected chi connectivity index (χ1v) is 20.6. The number of hydrogen-bond donors (Lipinski definition) is 0. The Morgan fingerprint density at radius 2 is 1.23 bits per heavy atom. The van der Waals surface area contributed by atoms with Gasteiger partial charge in [0.25, 0.3) is 6.71 Å². The van der Waals surface area contributed by atoms with E-state index in [1.807, 2.05) is 12.1 Å². The third-order valence-corrected chi connectivity index (χ3v) is 14.2. The first-order valence-electron chi connectivity index (χ1n) is 20.6. The fourth-order valence-electron chi connectivity index (χ4n) is 12.0. The molecule has 1 spiro atoms. The Balaban J connectivity index is 1.12. The molecule has 7 aromatic rings. The summed E-state index contributed by atoms with van der Waals surface area (Å²) in [5.41, 5.74) is 20.2. The molecule has 2 fully saturated rings. The van der Waals surface area contributed by atoms with Gasteiger partial charge in [0.15, 0.2) is 0 Å². The van der Waals surface area contributed by atoms with Crippen LogP contribution in [0.3, 0.4) is 0 Å². The van der Waals surface area contributed by atoms with Crippen LogP contribution < -0.4 is 26.2 Å². The molecule has 0 atom stereocenters. The number of fused-ring (bicyclic) bond motifs is 7. The summed E-state index contributed by atoms with van der Waals surface area (Å²) in [7, 11) is 0. The molecule has 4 heteroatoms. The van der Waals surface area contributed by atoms with Crippen LogP contribution in [-0.4, -0.2) is 6.71 Å². The third kappa shape index (κ3) is 4.28. The Morgan fingerprint density at radius 1 is 0.536 bits per heavy atom. The summed E-state index contributed by atoms with van der Waals surface area (Å²) in [5.74, 6) is 1.59. The summed E-state index contributed by atoms with van der Waals surface area (Å²) in [6.07, 6.45) is 5.35. The van der Waals surface area contributed by atoms with Crippen molar-refractivity contribution < 1.29 is 4.39 Å². The zero-order chi connectivity index (χ0) is 37.3. The van der Waals surface area contributed by atoms with Crippen LogP contribution in [0, 0.1) is 17.7 Å². The molecule has 0 amide bonds. The maximum atomic E-state index is 15.1. The predicted octanol–water partition coefficient (Wildman–Crippen LogP) is 11.8. The Morgan fingerprint density at radius 3 is 2.00 bits per heavy atom. The second-order valence-electron chi connectivity index (χ2n) is 17.1. The van der Waals surface area contributed by atoms with Crippen molar-refractivity contribution >= 4 is 57.2 Å². The van der Waals surface area contributed by atoms with E-state index in [-0.39, 0.29) is 17.9 Å². The van der Waals surface area contributed by atoms with Gasteiger partial charge in [-0.2, -0.15) is 0 Å². The molecule has 2 aliphatic heterocycles. The van der Waals surface area contributed by atoms with E-state index in [4.69, 9.17) is 0 Å². The van der Waals surface area contributed by atoms with Gasteiger partial charge >= 0.3 is 0 Å². The second kappa shape index (κ2) is 11.8. The molecular formula is C52H42BFN2. The minimum atomic E-state index is -0.239. The van der Waals surface area contributed by atoms with Crippen LogP contribution in [0.4, 0.5) is 38.5 Å². The molecule has 0 N–H and O–H groups in total. The molecule has 270 valence electrons. The van der Waals surface area contributed by atoms with E-state index in [0.29, 0.717) is 5.92 Å². The van der Waals surface area contributed by atoms with E-state index >= 15 is 4.39 Å². The van der Waals surface area contributed by atoms with Crippen LogP contribution >= 0.6 is 0 Å². The van der Waals surface area contributed by atoms with Gasteiger partial charge in [0.05, 0.1) is 0 Å². The van der Waals surface area contributed by atoms with Crippen LogP contribution in [-0.2, 0) is 5.41 Å². The van der Waals surface area contributed by atoms with Crippen molar-refractivity contribution in [2.45, 2.75) is 50.9 Å². The number of halogens is 1. The minimum absolute atomic E-state index is 0.00956. The van der Waals surface area contributed by atoms with E-state index in [1.54, 1.807) is 17.2 Å². The van der Waals surface area contributed by atoms with Gasteiger partial charge in [0.1, 0.15) is 5.82 Å². The molecule has 7 aromatic carbocycles. The fraction of sp³-hybridized carbons (Fsp3) is 0.192. The van der Waals surface area contributed by atoms with E-state index < -0.39 is 0 Å². The molecule has 0 radical (unpaired) electrons. The van der Waals surface area contributed by atoms with Gasteiger partial charge < -0.3 is 9.80 Å². The molecule has 2 heterocycles. The van der Waals surface area contributed by atoms with Gasteiger partial charge in [-0.05, 0) is 153 Å². The van der Waals surface area contributed by atoms with Gasteiger partial charge in [-0.15, -0.1) is 0 Å². The highest BCUT2D eigenvalue weighted by Crippen LogP contribution is 2.68. The molecular weight excluding hydrogens is 682 g/mol. The Bertz CT molecular complexity index is 2730. The molecule has 0 unspecified atom stereocenters. The van der Waals surface area contributed by atoms with Crippen LogP contribution in [0.15, 0.2) is 152 Å². The van der Waals surface area contributed by atoms with Crippen molar-refractivity contribution in [3.05, 3.63) is 174 Å². The number of nitrogens with zero attached hydrogens (tertiary/aromatic N) is 2. The molecule has 0 aromatic heterocycles. The lowest BCUT2D eigenvalue weighted by molar-refractivity contribution is 0.400. The van der Waals surface area contributed by atoms with Gasteiger partial charge in [-0.3, -0.25) is 0 Å². The predicted molar refractivity (Wildman–Crippen MR) is 232 cm³/mol. The zero-order valence-electron chi connectivity index (χ0n) is 31.8. The standard InChI is InChI=1S/C52H42BFN2/c1-32(2)34-18-26-45-50(29-34)56(40-24-25-44-42(31-40)41-14-6-7-15-43(41)52(44)36-20-21-37(52)23-22-36)49-17-9-16-48-51(49)53(45)46-28-35(33-10-4-3-5-11-33)19-27-47(46)55(48)39-13-8-12-38(54)30-39/h3-19,24-32,36-37H,20-23H2,1-2H3. The Hall–Kier alpha value is -5.87. The van der Waals surface area contributed by atoms with Crippen LogP contribution in [0.2, 0.25) is 0 Å². The van der Waals surface area contributed by atoms with Gasteiger partial charge in [0.2, 0.25) is 0 Å². The largest absolute Gasteiger partial charge is 0.311 e. The summed E-state index contributed by atoms with van der Waals surface area (Å²) in [6, 6.07) is 55.3. The molecule has 0 saturated heterocycles. The van der Waals surface area contributed by atoms with E-state index in [9.17, 15) is 0 Å². The SMILES string of the molecule is CC(C)c1ccc2c(c1)N(c1ccc3c(c1)-c1ccccc1C31C3CCC1CC3)c1cccc3c1B2c1cc(-c2ccccc2)ccc1N3c1cccc(F)c1. The average molecular weight is 725 g/mol. The van der Waals surface area contributed by atoms with Crippen LogP contribution in [0.25, 0.3) is 22.3 Å². The van der Waals surface area contributed by atoms with E-state index in [1.165, 1.54) is 93.0 Å². The van der Waals surface area contributed by atoms with Gasteiger partial charge in [-0.25, -0.2) is 4.39 Å². The maximum Gasteiger partial charge on any atom is 0.252 e. The van der Waals surface area contributed by atoms with Gasteiger partial charge in [0, 0.05) is 39.5 Å². The Kier molecular flexibility index (Phi) is 6.84. The normalized spacial score (nSPS) is 20.6. The fourth-order valence-corrected chi connectivity index (χ4v) is 12.0. The average Bonchev–Trinajstić information content (AvgIpc) is 3.89. The Labute approximate surface area is 329 Å². The summed E-state index contributed by atoms with van der Waals surface area (Å²) in [6.45, 7) is 4.58. The first-order chi connectivity index (χ1) is 27.5. The van der Waals surface area contributed by atoms with Crippen molar-refractivity contribution in [2.24, 2.45) is 11.8 Å².